The van der Waals surface area contributed by atoms with E-state index >= 15 is 0 Å². The van der Waals surface area contributed by atoms with Crippen molar-refractivity contribution < 1.29 is 22.0 Å². The molecule has 0 aliphatic heterocycles. The summed E-state index contributed by atoms with van der Waals surface area (Å²) in [6.45, 7) is 0. The Labute approximate surface area is 103 Å². The molecule has 1 aromatic carbocycles. The highest BCUT2D eigenvalue weighted by Gasteiger charge is 2.35. The number of nitrogens with one attached hydrogen (secondary N) is 1. The molecule has 9 heteroatoms. The molecule has 0 aliphatic carbocycles. The number of benzene rings is 1. The fourth-order valence-corrected chi connectivity index (χ4v) is 1.10. The molecule has 0 saturated carbocycles. The third kappa shape index (κ3) is 3.36. The van der Waals surface area contributed by atoms with E-state index in [1.54, 1.807) is 0 Å². The van der Waals surface area contributed by atoms with Crippen molar-refractivity contribution >= 4 is 23.5 Å². The van der Waals surface area contributed by atoms with Gasteiger partial charge in [-0.15, -0.1) is 0 Å². The maximum Gasteiger partial charge on any atom is 0.419 e. The molecule has 3 N–H and O–H groups in total. The van der Waals surface area contributed by atoms with Crippen LogP contribution in [0.2, 0.25) is 0 Å². The number of rotatable bonds is 2. The van der Waals surface area contributed by atoms with Crippen LogP contribution in [0.3, 0.4) is 0 Å². The summed E-state index contributed by atoms with van der Waals surface area (Å²) in [4.78, 5) is 0. The smallest absolute Gasteiger partial charge is 0.375 e. The SMILES string of the molecule is NC(=S)NN=Cc1ccc(C(F)(F)F)c(F)c1F. The predicted octanol–water partition coefficient (Wildman–Crippen LogP) is 2.15. The van der Waals surface area contributed by atoms with Crippen LogP contribution in [-0.4, -0.2) is 11.3 Å². The average molecular weight is 283 g/mol. The van der Waals surface area contributed by atoms with E-state index in [0.717, 1.165) is 12.3 Å². The summed E-state index contributed by atoms with van der Waals surface area (Å²) >= 11 is 4.38. The Balaban J connectivity index is 3.09. The van der Waals surface area contributed by atoms with Crippen LogP contribution >= 0.6 is 12.2 Å². The third-order valence-electron chi connectivity index (χ3n) is 1.80. The predicted molar refractivity (Wildman–Crippen MR) is 58.9 cm³/mol. The van der Waals surface area contributed by atoms with Gasteiger partial charge in [0.05, 0.1) is 11.8 Å². The van der Waals surface area contributed by atoms with Gasteiger partial charge in [-0.05, 0) is 24.4 Å². The number of hydrogen-bond donors (Lipinski definition) is 2. The van der Waals surface area contributed by atoms with Gasteiger partial charge in [0.2, 0.25) is 0 Å². The van der Waals surface area contributed by atoms with Crippen molar-refractivity contribution in [3.63, 3.8) is 0 Å². The van der Waals surface area contributed by atoms with Gasteiger partial charge in [0, 0.05) is 5.56 Å². The zero-order valence-corrected chi connectivity index (χ0v) is 9.37. The molecule has 0 spiro atoms. The number of hydrazone groups is 1. The highest BCUT2D eigenvalue weighted by atomic mass is 32.1. The molecular formula is C9H6F5N3S. The van der Waals surface area contributed by atoms with Gasteiger partial charge in [0.1, 0.15) is 0 Å². The zero-order chi connectivity index (χ0) is 13.9. The highest BCUT2D eigenvalue weighted by Crippen LogP contribution is 2.32. The molecule has 1 aromatic rings. The molecule has 0 aliphatic rings. The van der Waals surface area contributed by atoms with Gasteiger partial charge < -0.3 is 5.73 Å². The molecule has 0 aromatic heterocycles. The molecule has 0 saturated heterocycles. The van der Waals surface area contributed by atoms with Gasteiger partial charge >= 0.3 is 6.18 Å². The van der Waals surface area contributed by atoms with E-state index in [0.29, 0.717) is 6.07 Å². The number of nitrogens with zero attached hydrogens (tertiary/aromatic N) is 1. The molecular weight excluding hydrogens is 277 g/mol. The van der Waals surface area contributed by atoms with Crippen LogP contribution in [0, 0.1) is 11.6 Å². The van der Waals surface area contributed by atoms with E-state index in [1.165, 1.54) is 0 Å². The summed E-state index contributed by atoms with van der Waals surface area (Å²) in [5.41, 5.74) is 4.90. The first-order valence-corrected chi connectivity index (χ1v) is 4.78. The molecule has 0 unspecified atom stereocenters. The van der Waals surface area contributed by atoms with Gasteiger partial charge in [-0.25, -0.2) is 8.78 Å². The van der Waals surface area contributed by atoms with Gasteiger partial charge in [0.15, 0.2) is 16.7 Å². The summed E-state index contributed by atoms with van der Waals surface area (Å²) < 4.78 is 63.1. The summed E-state index contributed by atoms with van der Waals surface area (Å²) in [5, 5.41) is 3.08. The van der Waals surface area contributed by atoms with E-state index in [1.807, 2.05) is 0 Å². The monoisotopic (exact) mass is 283 g/mol. The zero-order valence-electron chi connectivity index (χ0n) is 8.55. The van der Waals surface area contributed by atoms with Gasteiger partial charge in [0.25, 0.3) is 0 Å². The molecule has 0 bridgehead atoms. The Hall–Kier alpha value is -1.77. The maximum absolute atomic E-state index is 13.3. The standard InChI is InChI=1S/C9H6F5N3S/c10-6-4(3-16-17-8(15)18)1-2-5(7(6)11)9(12,13)14/h1-3H,(H3,15,17,18). The van der Waals surface area contributed by atoms with E-state index in [9.17, 15) is 22.0 Å². The lowest BCUT2D eigenvalue weighted by atomic mass is 10.1. The second-order valence-corrected chi connectivity index (χ2v) is 3.50. The minimum Gasteiger partial charge on any atom is -0.375 e. The van der Waals surface area contributed by atoms with Crippen molar-refractivity contribution in [3.8, 4) is 0 Å². The summed E-state index contributed by atoms with van der Waals surface area (Å²) in [6.07, 6.45) is -4.20. The first-order valence-electron chi connectivity index (χ1n) is 4.37. The van der Waals surface area contributed by atoms with Crippen molar-refractivity contribution in [1.82, 2.24) is 5.43 Å². The number of alkyl halides is 3. The fraction of sp³-hybridized carbons (Fsp3) is 0.111. The molecule has 3 nitrogen and oxygen atoms in total. The van der Waals surface area contributed by atoms with Crippen molar-refractivity contribution in [1.29, 1.82) is 0 Å². The Kier molecular flexibility index (Phi) is 4.17. The lowest BCUT2D eigenvalue weighted by Crippen LogP contribution is -2.24. The summed E-state index contributed by atoms with van der Waals surface area (Å²) in [7, 11) is 0. The highest BCUT2D eigenvalue weighted by molar-refractivity contribution is 7.80. The second-order valence-electron chi connectivity index (χ2n) is 3.06. The number of thiocarbonyl (C=S) groups is 1. The Morgan fingerprint density at radius 3 is 2.39 bits per heavy atom. The lowest BCUT2D eigenvalue weighted by Gasteiger charge is -2.09. The van der Waals surface area contributed by atoms with E-state index in [-0.39, 0.29) is 5.11 Å². The molecule has 0 radical (unpaired) electrons. The van der Waals surface area contributed by atoms with Gasteiger partial charge in [-0.1, -0.05) is 0 Å². The Morgan fingerprint density at radius 1 is 1.28 bits per heavy atom. The molecule has 0 fully saturated rings. The molecule has 18 heavy (non-hydrogen) atoms. The van der Waals surface area contributed by atoms with Crippen molar-refractivity contribution in [2.24, 2.45) is 10.8 Å². The number of hydrogen-bond acceptors (Lipinski definition) is 2. The quantitative estimate of drug-likeness (QED) is 0.378. The van der Waals surface area contributed by atoms with Gasteiger partial charge in [-0.2, -0.15) is 18.3 Å². The topological polar surface area (TPSA) is 50.4 Å². The Morgan fingerprint density at radius 2 is 1.89 bits per heavy atom. The third-order valence-corrected chi connectivity index (χ3v) is 1.89. The van der Waals surface area contributed by atoms with E-state index in [4.69, 9.17) is 5.73 Å². The maximum atomic E-state index is 13.3. The minimum atomic E-state index is -4.96. The average Bonchev–Trinajstić information content (AvgIpc) is 2.22. The van der Waals surface area contributed by atoms with Crippen molar-refractivity contribution in [2.75, 3.05) is 0 Å². The van der Waals surface area contributed by atoms with Crippen LogP contribution in [0.5, 0.6) is 0 Å². The van der Waals surface area contributed by atoms with Crippen molar-refractivity contribution in [3.05, 3.63) is 34.9 Å². The fourth-order valence-electron chi connectivity index (χ4n) is 1.05. The van der Waals surface area contributed by atoms with Crippen LogP contribution in [-0.2, 0) is 6.18 Å². The summed E-state index contributed by atoms with van der Waals surface area (Å²) in [6, 6.07) is 1.16. The normalized spacial score (nSPS) is 11.8. The van der Waals surface area contributed by atoms with E-state index < -0.39 is 28.9 Å². The molecule has 0 atom stereocenters. The van der Waals surface area contributed by atoms with E-state index in [2.05, 4.69) is 22.7 Å². The molecule has 98 valence electrons. The number of nitrogens with two attached hydrogens (primary N) is 1. The van der Waals surface area contributed by atoms with Crippen molar-refractivity contribution in [2.45, 2.75) is 6.18 Å². The Bertz CT molecular complexity index is 498. The molecule has 0 amide bonds. The molecule has 0 heterocycles. The van der Waals surface area contributed by atoms with Crippen LogP contribution < -0.4 is 11.2 Å². The molecule has 1 rings (SSSR count). The van der Waals surface area contributed by atoms with Crippen LogP contribution in [0.15, 0.2) is 17.2 Å². The second kappa shape index (κ2) is 5.25. The minimum absolute atomic E-state index is 0.223. The van der Waals surface area contributed by atoms with Crippen LogP contribution in [0.1, 0.15) is 11.1 Å². The first kappa shape index (κ1) is 14.3. The largest absolute Gasteiger partial charge is 0.419 e. The van der Waals surface area contributed by atoms with Gasteiger partial charge in [-0.3, -0.25) is 5.43 Å². The number of halogens is 5. The first-order chi connectivity index (χ1) is 8.23. The summed E-state index contributed by atoms with van der Waals surface area (Å²) in [5.74, 6) is -3.64. The van der Waals surface area contributed by atoms with Crippen LogP contribution in [0.25, 0.3) is 0 Å². The van der Waals surface area contributed by atoms with Crippen LogP contribution in [0.4, 0.5) is 22.0 Å². The lowest BCUT2D eigenvalue weighted by molar-refractivity contribution is -0.140.